The van der Waals surface area contributed by atoms with Crippen molar-refractivity contribution in [1.29, 1.82) is 0 Å². The van der Waals surface area contributed by atoms with Gasteiger partial charge in [-0.15, -0.1) is 0 Å². The van der Waals surface area contributed by atoms with E-state index in [1.54, 1.807) is 6.92 Å². The van der Waals surface area contributed by atoms with Crippen molar-refractivity contribution in [3.05, 3.63) is 0 Å². The Kier molecular flexibility index (Phi) is 1.33. The molecular formula is C5H11NO2S. The topological polar surface area (TPSA) is 37.1 Å². The lowest BCUT2D eigenvalue weighted by atomic mass is 10.4. The summed E-state index contributed by atoms with van der Waals surface area (Å²) in [6.45, 7) is 5.46. The van der Waals surface area contributed by atoms with Crippen molar-refractivity contribution in [1.82, 2.24) is 4.31 Å². The van der Waals surface area contributed by atoms with Crippen molar-refractivity contribution >= 4 is 10.0 Å². The first kappa shape index (κ1) is 7.02. The van der Waals surface area contributed by atoms with Gasteiger partial charge in [0.2, 0.25) is 10.0 Å². The van der Waals surface area contributed by atoms with Crippen molar-refractivity contribution in [2.45, 2.75) is 32.2 Å². The number of rotatable bonds is 1. The van der Waals surface area contributed by atoms with Crippen LogP contribution in [0.5, 0.6) is 0 Å². The molecule has 54 valence electrons. The van der Waals surface area contributed by atoms with Gasteiger partial charge in [-0.3, -0.25) is 0 Å². The predicted molar refractivity (Wildman–Crippen MR) is 35.4 cm³/mol. The zero-order valence-electron chi connectivity index (χ0n) is 5.83. The van der Waals surface area contributed by atoms with Gasteiger partial charge in [0.15, 0.2) is 0 Å². The van der Waals surface area contributed by atoms with Gasteiger partial charge in [0.25, 0.3) is 0 Å². The molecule has 4 heteroatoms. The Morgan fingerprint density at radius 1 is 1.44 bits per heavy atom. The highest BCUT2D eigenvalue weighted by atomic mass is 32.2. The molecule has 1 heterocycles. The van der Waals surface area contributed by atoms with Gasteiger partial charge in [0.05, 0.1) is 0 Å². The van der Waals surface area contributed by atoms with Gasteiger partial charge in [0, 0.05) is 6.04 Å². The first-order chi connectivity index (χ1) is 3.98. The predicted octanol–water partition coefficient (Wildman–Crippen LogP) is 0.386. The van der Waals surface area contributed by atoms with Crippen LogP contribution in [-0.4, -0.2) is 24.1 Å². The summed E-state index contributed by atoms with van der Waals surface area (Å²) < 4.78 is 23.0. The Morgan fingerprint density at radius 2 is 1.78 bits per heavy atom. The molecule has 2 unspecified atom stereocenters. The van der Waals surface area contributed by atoms with E-state index >= 15 is 0 Å². The molecule has 1 aliphatic heterocycles. The fourth-order valence-corrected chi connectivity index (χ4v) is 2.72. The van der Waals surface area contributed by atoms with Crippen LogP contribution < -0.4 is 0 Å². The van der Waals surface area contributed by atoms with Crippen LogP contribution in [0.1, 0.15) is 20.8 Å². The molecule has 1 fully saturated rings. The van der Waals surface area contributed by atoms with Crippen LogP contribution >= 0.6 is 0 Å². The van der Waals surface area contributed by atoms with Gasteiger partial charge in [-0.25, -0.2) is 8.42 Å². The van der Waals surface area contributed by atoms with Crippen molar-refractivity contribution in [3.63, 3.8) is 0 Å². The highest BCUT2D eigenvalue weighted by Gasteiger charge is 2.52. The van der Waals surface area contributed by atoms with E-state index in [1.807, 2.05) is 13.8 Å². The summed E-state index contributed by atoms with van der Waals surface area (Å²) in [5.41, 5.74) is 0. The van der Waals surface area contributed by atoms with Gasteiger partial charge < -0.3 is 0 Å². The molecule has 0 N–H and O–H groups in total. The first-order valence-electron chi connectivity index (χ1n) is 3.00. The molecular weight excluding hydrogens is 138 g/mol. The number of hydrogen-bond acceptors (Lipinski definition) is 2. The Bertz CT molecular complexity index is 207. The molecule has 0 amide bonds. The third-order valence-corrected chi connectivity index (χ3v) is 3.75. The highest BCUT2D eigenvalue weighted by molar-refractivity contribution is 7.95. The molecule has 0 spiro atoms. The second-order valence-electron chi connectivity index (χ2n) is 2.57. The number of hydrogen-bond donors (Lipinski definition) is 0. The third kappa shape index (κ3) is 0.861. The Morgan fingerprint density at radius 3 is 1.78 bits per heavy atom. The SMILES string of the molecule is CC(C)N1C(C)S1(=O)=O. The van der Waals surface area contributed by atoms with E-state index < -0.39 is 10.0 Å². The van der Waals surface area contributed by atoms with Crippen LogP contribution in [0, 0.1) is 0 Å². The molecule has 1 rings (SSSR count). The lowest BCUT2D eigenvalue weighted by molar-refractivity contribution is 0.454. The maximum Gasteiger partial charge on any atom is 0.232 e. The highest BCUT2D eigenvalue weighted by Crippen LogP contribution is 2.32. The van der Waals surface area contributed by atoms with E-state index in [1.165, 1.54) is 4.31 Å². The van der Waals surface area contributed by atoms with E-state index in [2.05, 4.69) is 0 Å². The van der Waals surface area contributed by atoms with Crippen LogP contribution in [0.15, 0.2) is 0 Å². The van der Waals surface area contributed by atoms with Crippen molar-refractivity contribution < 1.29 is 8.42 Å². The average Bonchev–Trinajstić information content (AvgIpc) is 2.07. The second-order valence-corrected chi connectivity index (χ2v) is 4.70. The quantitative estimate of drug-likeness (QED) is 0.506. The molecule has 0 bridgehead atoms. The molecule has 0 radical (unpaired) electrons. The molecule has 0 saturated carbocycles. The van der Waals surface area contributed by atoms with E-state index in [0.717, 1.165) is 0 Å². The minimum Gasteiger partial charge on any atom is -0.210 e. The number of sulfonamides is 1. The largest absolute Gasteiger partial charge is 0.232 e. The van der Waals surface area contributed by atoms with Crippen molar-refractivity contribution in [2.75, 3.05) is 0 Å². The second kappa shape index (κ2) is 1.70. The lowest BCUT2D eigenvalue weighted by Gasteiger charge is -1.98. The third-order valence-electron chi connectivity index (χ3n) is 1.55. The summed E-state index contributed by atoms with van der Waals surface area (Å²) in [6, 6.07) is 0.130. The van der Waals surface area contributed by atoms with Crippen molar-refractivity contribution in [3.8, 4) is 0 Å². The van der Waals surface area contributed by atoms with Crippen LogP contribution in [0.3, 0.4) is 0 Å². The molecule has 0 aromatic rings. The van der Waals surface area contributed by atoms with Crippen LogP contribution in [0.25, 0.3) is 0 Å². The fourth-order valence-electron chi connectivity index (χ4n) is 1.03. The minimum atomic E-state index is -2.80. The lowest BCUT2D eigenvalue weighted by Crippen LogP contribution is -2.11. The van der Waals surface area contributed by atoms with E-state index in [0.29, 0.717) is 0 Å². The molecule has 0 aliphatic carbocycles. The molecule has 2 atom stereocenters. The van der Waals surface area contributed by atoms with Crippen LogP contribution in [0.4, 0.5) is 0 Å². The molecule has 3 nitrogen and oxygen atoms in total. The average molecular weight is 149 g/mol. The Balaban J connectivity index is 2.75. The summed E-state index contributed by atoms with van der Waals surface area (Å²) in [4.78, 5) is 0. The fraction of sp³-hybridized carbons (Fsp3) is 1.00. The zero-order valence-corrected chi connectivity index (χ0v) is 6.64. The first-order valence-corrected chi connectivity index (χ1v) is 4.50. The number of nitrogens with zero attached hydrogens (tertiary/aromatic N) is 1. The maximum absolute atomic E-state index is 10.8. The van der Waals surface area contributed by atoms with Gasteiger partial charge >= 0.3 is 0 Å². The van der Waals surface area contributed by atoms with E-state index in [-0.39, 0.29) is 11.4 Å². The van der Waals surface area contributed by atoms with Gasteiger partial charge in [-0.2, -0.15) is 4.31 Å². The Hall–Kier alpha value is -0.0900. The monoisotopic (exact) mass is 149 g/mol. The minimum absolute atomic E-state index is 0.130. The zero-order chi connectivity index (χ0) is 7.23. The molecule has 0 aromatic carbocycles. The summed E-state index contributed by atoms with van der Waals surface area (Å²) in [5, 5.41) is -0.238. The molecule has 1 aliphatic rings. The maximum atomic E-state index is 10.8. The van der Waals surface area contributed by atoms with E-state index in [4.69, 9.17) is 0 Å². The normalized spacial score (nSPS) is 39.1. The smallest absolute Gasteiger partial charge is 0.210 e. The van der Waals surface area contributed by atoms with Gasteiger partial charge in [-0.1, -0.05) is 0 Å². The van der Waals surface area contributed by atoms with E-state index in [9.17, 15) is 8.42 Å². The standard InChI is InChI=1S/C5H11NO2S/c1-4(2)6-5(3)9(6,7)8/h4-5H,1-3H3. The van der Waals surface area contributed by atoms with Crippen molar-refractivity contribution in [2.24, 2.45) is 0 Å². The summed E-state index contributed by atoms with van der Waals surface area (Å²) in [7, 11) is -2.80. The van der Waals surface area contributed by atoms with Gasteiger partial charge in [-0.05, 0) is 20.8 Å². The summed E-state index contributed by atoms with van der Waals surface area (Å²) >= 11 is 0. The molecule has 0 aromatic heterocycles. The summed E-state index contributed by atoms with van der Waals surface area (Å²) in [6.07, 6.45) is 0. The van der Waals surface area contributed by atoms with Crippen LogP contribution in [-0.2, 0) is 10.0 Å². The summed E-state index contributed by atoms with van der Waals surface area (Å²) in [5.74, 6) is 0. The Labute approximate surface area is 55.7 Å². The molecule has 9 heavy (non-hydrogen) atoms. The van der Waals surface area contributed by atoms with Crippen LogP contribution in [0.2, 0.25) is 0 Å². The van der Waals surface area contributed by atoms with Gasteiger partial charge in [0.1, 0.15) is 5.37 Å². The molecule has 1 saturated heterocycles.